The van der Waals surface area contributed by atoms with E-state index in [0.717, 1.165) is 5.56 Å². The first-order valence-electron chi connectivity index (χ1n) is 10.0. The maximum absolute atomic E-state index is 13.3. The van der Waals surface area contributed by atoms with Crippen LogP contribution in [0.5, 0.6) is 5.75 Å². The molecule has 1 aromatic heterocycles. The molecule has 4 rings (SSSR count). The first kappa shape index (κ1) is 20.6. The highest BCUT2D eigenvalue weighted by Gasteiger charge is 2.42. The number of amides is 2. The van der Waals surface area contributed by atoms with Crippen LogP contribution in [0.25, 0.3) is 0 Å². The first-order chi connectivity index (χ1) is 14.5. The number of ether oxygens (including phenoxy) is 2. The predicted octanol–water partition coefficient (Wildman–Crippen LogP) is 3.00. The number of nitrogens with one attached hydrogen (secondary N) is 1. The smallest absolute Gasteiger partial charge is 0.258 e. The van der Waals surface area contributed by atoms with Crippen LogP contribution in [0.4, 0.5) is 0 Å². The summed E-state index contributed by atoms with van der Waals surface area (Å²) in [5.74, 6) is 0.00212. The van der Waals surface area contributed by atoms with E-state index in [1.165, 1.54) is 0 Å². The van der Waals surface area contributed by atoms with E-state index in [1.54, 1.807) is 35.5 Å². The van der Waals surface area contributed by atoms with Gasteiger partial charge in [-0.25, -0.2) is 0 Å². The maximum atomic E-state index is 13.3. The Morgan fingerprint density at radius 1 is 1.27 bits per heavy atom. The van der Waals surface area contributed by atoms with Gasteiger partial charge >= 0.3 is 0 Å². The molecule has 0 aliphatic carbocycles. The minimum Gasteiger partial charge on any atom is -0.484 e. The van der Waals surface area contributed by atoms with Gasteiger partial charge in [-0.3, -0.25) is 14.6 Å². The van der Waals surface area contributed by atoms with Crippen molar-refractivity contribution in [1.82, 2.24) is 15.2 Å². The molecule has 1 spiro atoms. The Kier molecular flexibility index (Phi) is 5.92. The van der Waals surface area contributed by atoms with E-state index < -0.39 is 5.60 Å². The molecule has 1 aromatic carbocycles. The molecule has 2 amide bonds. The molecule has 158 valence electrons. The molecule has 2 aliphatic heterocycles. The van der Waals surface area contributed by atoms with Gasteiger partial charge in [-0.05, 0) is 42.8 Å². The quantitative estimate of drug-likeness (QED) is 0.808. The van der Waals surface area contributed by atoms with Gasteiger partial charge in [0.25, 0.3) is 5.91 Å². The van der Waals surface area contributed by atoms with Crippen molar-refractivity contribution in [3.63, 3.8) is 0 Å². The number of pyridine rings is 1. The zero-order chi connectivity index (χ0) is 21.1. The van der Waals surface area contributed by atoms with Gasteiger partial charge < -0.3 is 19.7 Å². The Morgan fingerprint density at radius 2 is 2.00 bits per heavy atom. The third kappa shape index (κ3) is 4.42. The van der Waals surface area contributed by atoms with Crippen LogP contribution in [0, 0.1) is 0 Å². The topological polar surface area (TPSA) is 80.8 Å². The molecule has 7 nitrogen and oxygen atoms in total. The minimum absolute atomic E-state index is 0.0633. The number of nitrogens with zero attached hydrogens (tertiary/aromatic N) is 2. The van der Waals surface area contributed by atoms with E-state index in [1.807, 2.05) is 19.1 Å². The molecule has 2 aromatic rings. The molecule has 0 bridgehead atoms. The average molecular weight is 430 g/mol. The summed E-state index contributed by atoms with van der Waals surface area (Å²) in [6.07, 6.45) is 4.66. The Morgan fingerprint density at radius 3 is 2.73 bits per heavy atom. The summed E-state index contributed by atoms with van der Waals surface area (Å²) >= 11 is 6.13. The highest BCUT2D eigenvalue weighted by molar-refractivity contribution is 6.31. The van der Waals surface area contributed by atoms with Gasteiger partial charge in [0, 0.05) is 30.3 Å². The molecule has 3 heterocycles. The lowest BCUT2D eigenvalue weighted by Crippen LogP contribution is -2.52. The van der Waals surface area contributed by atoms with Crippen LogP contribution in [-0.4, -0.2) is 53.6 Å². The molecular formula is C22H24ClN3O4. The molecule has 0 radical (unpaired) electrons. The molecular weight excluding hydrogens is 406 g/mol. The van der Waals surface area contributed by atoms with Crippen LogP contribution in [0.1, 0.15) is 41.7 Å². The van der Waals surface area contributed by atoms with E-state index >= 15 is 0 Å². The molecule has 0 saturated carbocycles. The van der Waals surface area contributed by atoms with Crippen LogP contribution in [0.3, 0.4) is 0 Å². The van der Waals surface area contributed by atoms with Gasteiger partial charge in [-0.15, -0.1) is 0 Å². The fourth-order valence-corrected chi connectivity index (χ4v) is 4.11. The standard InChI is InChI=1S/C22H24ClN3O4/c1-15(16-4-8-24-9-5-16)25-20(27)13-26-14-22(6-10-29-11-7-22)30-19-3-2-17(23)12-18(19)21(26)28/h2-5,8-9,12,15H,6-7,10-11,13-14H2,1H3,(H,25,27). The Bertz CT molecular complexity index is 931. The van der Waals surface area contributed by atoms with Crippen LogP contribution < -0.4 is 10.1 Å². The lowest BCUT2D eigenvalue weighted by atomic mass is 9.93. The molecule has 1 unspecified atom stereocenters. The first-order valence-corrected chi connectivity index (χ1v) is 10.4. The van der Waals surface area contributed by atoms with E-state index in [2.05, 4.69) is 10.3 Å². The summed E-state index contributed by atoms with van der Waals surface area (Å²) in [6.45, 7) is 3.26. The largest absolute Gasteiger partial charge is 0.484 e. The molecule has 8 heteroatoms. The number of carbonyl (C=O) groups is 2. The summed E-state index contributed by atoms with van der Waals surface area (Å²) < 4.78 is 11.8. The van der Waals surface area contributed by atoms with E-state index in [0.29, 0.717) is 48.9 Å². The van der Waals surface area contributed by atoms with Crippen LogP contribution in [0.15, 0.2) is 42.7 Å². The van der Waals surface area contributed by atoms with Crippen LogP contribution in [-0.2, 0) is 9.53 Å². The van der Waals surface area contributed by atoms with Gasteiger partial charge in [0.15, 0.2) is 0 Å². The number of carbonyl (C=O) groups excluding carboxylic acids is 2. The number of aromatic nitrogens is 1. The molecule has 2 aliphatic rings. The number of fused-ring (bicyclic) bond motifs is 1. The third-order valence-corrected chi connectivity index (χ3v) is 5.82. The molecule has 1 N–H and O–H groups in total. The summed E-state index contributed by atoms with van der Waals surface area (Å²) in [6, 6.07) is 8.54. The number of halogens is 1. The fraction of sp³-hybridized carbons (Fsp3) is 0.409. The Balaban J connectivity index is 1.56. The highest BCUT2D eigenvalue weighted by atomic mass is 35.5. The second-order valence-corrected chi connectivity index (χ2v) is 8.21. The van der Waals surface area contributed by atoms with E-state index in [4.69, 9.17) is 21.1 Å². The number of hydrogen-bond donors (Lipinski definition) is 1. The van der Waals surface area contributed by atoms with Crippen LogP contribution in [0.2, 0.25) is 5.02 Å². The second-order valence-electron chi connectivity index (χ2n) is 7.77. The zero-order valence-electron chi connectivity index (χ0n) is 16.8. The van der Waals surface area contributed by atoms with Crippen molar-refractivity contribution >= 4 is 23.4 Å². The van der Waals surface area contributed by atoms with Gasteiger partial charge in [-0.1, -0.05) is 11.6 Å². The molecule has 1 atom stereocenters. The minimum atomic E-state index is -0.579. The van der Waals surface area contributed by atoms with Crippen molar-refractivity contribution in [2.75, 3.05) is 26.3 Å². The highest BCUT2D eigenvalue weighted by Crippen LogP contribution is 2.36. The van der Waals surface area contributed by atoms with E-state index in [9.17, 15) is 9.59 Å². The summed E-state index contributed by atoms with van der Waals surface area (Å²) in [4.78, 5) is 31.6. The Labute approximate surface area is 180 Å². The van der Waals surface area contributed by atoms with Crippen molar-refractivity contribution < 1.29 is 19.1 Å². The maximum Gasteiger partial charge on any atom is 0.258 e. The van der Waals surface area contributed by atoms with E-state index in [-0.39, 0.29) is 24.4 Å². The third-order valence-electron chi connectivity index (χ3n) is 5.59. The van der Waals surface area contributed by atoms with Crippen LogP contribution >= 0.6 is 11.6 Å². The lowest BCUT2D eigenvalue weighted by molar-refractivity contribution is -0.123. The van der Waals surface area contributed by atoms with Gasteiger partial charge in [0.05, 0.1) is 31.4 Å². The second kappa shape index (κ2) is 8.62. The van der Waals surface area contributed by atoms with Crippen molar-refractivity contribution in [3.8, 4) is 5.75 Å². The molecule has 1 fully saturated rings. The average Bonchev–Trinajstić information content (AvgIpc) is 2.84. The molecule has 1 saturated heterocycles. The number of benzene rings is 1. The fourth-order valence-electron chi connectivity index (χ4n) is 3.94. The lowest BCUT2D eigenvalue weighted by Gasteiger charge is -2.38. The van der Waals surface area contributed by atoms with Crippen molar-refractivity contribution in [2.24, 2.45) is 0 Å². The monoisotopic (exact) mass is 429 g/mol. The normalized spacial score (nSPS) is 18.9. The predicted molar refractivity (Wildman–Crippen MR) is 112 cm³/mol. The Hall–Kier alpha value is -2.64. The molecule has 30 heavy (non-hydrogen) atoms. The summed E-state index contributed by atoms with van der Waals surface area (Å²) in [5, 5.41) is 3.41. The number of rotatable bonds is 4. The SMILES string of the molecule is CC(NC(=O)CN1CC2(CCOCC2)Oc2ccc(Cl)cc2C1=O)c1ccncc1. The zero-order valence-corrected chi connectivity index (χ0v) is 17.5. The van der Waals surface area contributed by atoms with Crippen molar-refractivity contribution in [2.45, 2.75) is 31.4 Å². The summed E-state index contributed by atoms with van der Waals surface area (Å²) in [7, 11) is 0. The van der Waals surface area contributed by atoms with Gasteiger partial charge in [0.2, 0.25) is 5.91 Å². The van der Waals surface area contributed by atoms with Crippen molar-refractivity contribution in [1.29, 1.82) is 0 Å². The summed E-state index contributed by atoms with van der Waals surface area (Å²) in [5.41, 5.74) is 0.743. The number of hydrogen-bond acceptors (Lipinski definition) is 5. The van der Waals surface area contributed by atoms with Crippen molar-refractivity contribution in [3.05, 3.63) is 58.9 Å². The van der Waals surface area contributed by atoms with Gasteiger partial charge in [0.1, 0.15) is 17.9 Å². The van der Waals surface area contributed by atoms with Gasteiger partial charge in [-0.2, -0.15) is 0 Å².